The third kappa shape index (κ3) is 2.94. The number of carbonyl (C=O) groups is 1. The van der Waals surface area contributed by atoms with Crippen molar-refractivity contribution in [3.63, 3.8) is 0 Å². The van der Waals surface area contributed by atoms with Gasteiger partial charge >= 0.3 is 16.2 Å². The number of nitrogens with zero attached hydrogens (tertiary/aromatic N) is 1. The van der Waals surface area contributed by atoms with Crippen molar-refractivity contribution in [1.29, 1.82) is 0 Å². The second-order valence-electron chi connectivity index (χ2n) is 4.72. The van der Waals surface area contributed by atoms with Crippen molar-refractivity contribution in [2.75, 3.05) is 17.4 Å². The van der Waals surface area contributed by atoms with Crippen LogP contribution in [0.1, 0.15) is 35.7 Å². The molecule has 0 aromatic heterocycles. The second-order valence-corrected chi connectivity index (χ2v) is 6.40. The summed E-state index contributed by atoms with van der Waals surface area (Å²) in [6.45, 7) is 2.70. The molecule has 0 unspecified atom stereocenters. The number of carboxylic acid groups (broad SMARTS) is 1. The van der Waals surface area contributed by atoms with E-state index in [1.165, 1.54) is 10.4 Å². The first-order valence-electron chi connectivity index (χ1n) is 6.59. The molecule has 110 valence electrons. The fraction of sp³-hybridized carbons (Fsp3) is 0.462. The average molecular weight is 298 g/mol. The summed E-state index contributed by atoms with van der Waals surface area (Å²) in [5.41, 5.74) is 1.52. The Morgan fingerprint density at radius 1 is 1.45 bits per heavy atom. The van der Waals surface area contributed by atoms with Crippen LogP contribution in [-0.2, 0) is 16.6 Å². The van der Waals surface area contributed by atoms with E-state index in [-0.39, 0.29) is 5.56 Å². The molecule has 1 aromatic carbocycles. The average Bonchev–Trinajstić information content (AvgIpc) is 2.43. The van der Waals surface area contributed by atoms with Crippen LogP contribution in [0, 0.1) is 0 Å². The lowest BCUT2D eigenvalue weighted by Gasteiger charge is -2.30. The van der Waals surface area contributed by atoms with Crippen molar-refractivity contribution in [2.24, 2.45) is 0 Å². The molecule has 6 nitrogen and oxygen atoms in total. The summed E-state index contributed by atoms with van der Waals surface area (Å²) in [6, 6.07) is 4.57. The number of carboxylic acids is 1. The van der Waals surface area contributed by atoms with Crippen LogP contribution >= 0.6 is 0 Å². The molecule has 1 heterocycles. The van der Waals surface area contributed by atoms with Crippen molar-refractivity contribution in [3.05, 3.63) is 29.3 Å². The molecular formula is C13H18N2O4S. The standard InChI is InChI=1S/C13H18N2O4S/c1-2-7-14-20(18,19)15-8-3-4-10-9-11(13(16)17)5-6-12(10)15/h5-6,9,14H,2-4,7-8H2,1H3,(H,16,17). The third-order valence-electron chi connectivity index (χ3n) is 3.23. The Hall–Kier alpha value is -1.60. The minimum atomic E-state index is -3.56. The van der Waals surface area contributed by atoms with Gasteiger partial charge in [0, 0.05) is 13.1 Å². The van der Waals surface area contributed by atoms with E-state index in [9.17, 15) is 13.2 Å². The number of rotatable bonds is 5. The summed E-state index contributed by atoms with van der Waals surface area (Å²) in [6.07, 6.45) is 2.09. The lowest BCUT2D eigenvalue weighted by atomic mass is 10.0. The van der Waals surface area contributed by atoms with Gasteiger partial charge < -0.3 is 5.11 Å². The monoisotopic (exact) mass is 298 g/mol. The molecular weight excluding hydrogens is 280 g/mol. The summed E-state index contributed by atoms with van der Waals surface area (Å²) < 4.78 is 28.3. The smallest absolute Gasteiger partial charge is 0.335 e. The van der Waals surface area contributed by atoms with Crippen LogP contribution in [0.25, 0.3) is 0 Å². The van der Waals surface area contributed by atoms with E-state index in [1.54, 1.807) is 12.1 Å². The number of aromatic carboxylic acids is 1. The summed E-state index contributed by atoms with van der Waals surface area (Å²) >= 11 is 0. The molecule has 1 aliphatic rings. The van der Waals surface area contributed by atoms with Crippen LogP contribution in [-0.4, -0.2) is 32.6 Å². The quantitative estimate of drug-likeness (QED) is 0.860. The zero-order valence-electron chi connectivity index (χ0n) is 11.3. The van der Waals surface area contributed by atoms with E-state index >= 15 is 0 Å². The summed E-state index contributed by atoms with van der Waals surface area (Å²) in [5, 5.41) is 8.98. The molecule has 0 saturated heterocycles. The zero-order valence-corrected chi connectivity index (χ0v) is 12.1. The van der Waals surface area contributed by atoms with Gasteiger partial charge in [-0.15, -0.1) is 0 Å². The van der Waals surface area contributed by atoms with Gasteiger partial charge in [0.05, 0.1) is 11.3 Å². The molecule has 7 heteroatoms. The minimum Gasteiger partial charge on any atom is -0.478 e. The Morgan fingerprint density at radius 3 is 2.85 bits per heavy atom. The van der Waals surface area contributed by atoms with Gasteiger partial charge in [0.15, 0.2) is 0 Å². The SMILES string of the molecule is CCCNS(=O)(=O)N1CCCc2cc(C(=O)O)ccc21. The molecule has 2 rings (SSSR count). The second kappa shape index (κ2) is 5.80. The molecule has 0 bridgehead atoms. The maximum absolute atomic E-state index is 12.2. The lowest BCUT2D eigenvalue weighted by Crippen LogP contribution is -2.43. The number of benzene rings is 1. The molecule has 0 radical (unpaired) electrons. The van der Waals surface area contributed by atoms with Crippen LogP contribution in [0.4, 0.5) is 5.69 Å². The van der Waals surface area contributed by atoms with Crippen LogP contribution in [0.15, 0.2) is 18.2 Å². The van der Waals surface area contributed by atoms with Crippen molar-refractivity contribution in [1.82, 2.24) is 4.72 Å². The Labute approximate surface area is 118 Å². The predicted molar refractivity (Wildman–Crippen MR) is 76.3 cm³/mol. The molecule has 0 amide bonds. The third-order valence-corrected chi connectivity index (χ3v) is 4.76. The highest BCUT2D eigenvalue weighted by Gasteiger charge is 2.27. The van der Waals surface area contributed by atoms with Crippen LogP contribution in [0.3, 0.4) is 0 Å². The van der Waals surface area contributed by atoms with E-state index in [2.05, 4.69) is 4.72 Å². The molecule has 0 saturated carbocycles. The Bertz CT molecular complexity index is 613. The predicted octanol–water partition coefficient (Wildman–Crippen LogP) is 1.38. The van der Waals surface area contributed by atoms with E-state index in [0.717, 1.165) is 12.0 Å². The number of anilines is 1. The highest BCUT2D eigenvalue weighted by atomic mass is 32.2. The molecule has 1 aliphatic heterocycles. The van der Waals surface area contributed by atoms with Crippen LogP contribution < -0.4 is 9.03 Å². The first kappa shape index (κ1) is 14.8. The largest absolute Gasteiger partial charge is 0.478 e. The van der Waals surface area contributed by atoms with Gasteiger partial charge in [0.1, 0.15) is 0 Å². The number of fused-ring (bicyclic) bond motifs is 1. The van der Waals surface area contributed by atoms with Crippen molar-refractivity contribution >= 4 is 21.9 Å². The Balaban J connectivity index is 2.36. The molecule has 0 fully saturated rings. The summed E-state index contributed by atoms with van der Waals surface area (Å²) in [7, 11) is -3.56. The fourth-order valence-electron chi connectivity index (χ4n) is 2.25. The maximum atomic E-state index is 12.2. The first-order valence-corrected chi connectivity index (χ1v) is 8.03. The van der Waals surface area contributed by atoms with E-state index in [4.69, 9.17) is 5.11 Å². The molecule has 0 aliphatic carbocycles. The first-order chi connectivity index (χ1) is 9.45. The molecule has 1 aromatic rings. The molecule has 0 spiro atoms. The Morgan fingerprint density at radius 2 is 2.20 bits per heavy atom. The van der Waals surface area contributed by atoms with E-state index in [1.807, 2.05) is 6.92 Å². The lowest BCUT2D eigenvalue weighted by molar-refractivity contribution is 0.0697. The summed E-state index contributed by atoms with van der Waals surface area (Å²) in [5.74, 6) is -1.00. The van der Waals surface area contributed by atoms with Crippen molar-refractivity contribution < 1.29 is 18.3 Å². The summed E-state index contributed by atoms with van der Waals surface area (Å²) in [4.78, 5) is 11.0. The van der Waals surface area contributed by atoms with Gasteiger partial charge in [-0.1, -0.05) is 6.92 Å². The van der Waals surface area contributed by atoms with Gasteiger partial charge in [-0.05, 0) is 43.0 Å². The fourth-order valence-corrected chi connectivity index (χ4v) is 3.68. The van der Waals surface area contributed by atoms with Crippen molar-refractivity contribution in [2.45, 2.75) is 26.2 Å². The Kier molecular flexibility index (Phi) is 4.29. The number of hydrogen-bond acceptors (Lipinski definition) is 3. The minimum absolute atomic E-state index is 0.185. The number of hydrogen-bond donors (Lipinski definition) is 2. The van der Waals surface area contributed by atoms with Gasteiger partial charge in [0.25, 0.3) is 0 Å². The number of nitrogens with one attached hydrogen (secondary N) is 1. The molecule has 0 atom stereocenters. The van der Waals surface area contributed by atoms with Gasteiger partial charge in [0.2, 0.25) is 0 Å². The highest BCUT2D eigenvalue weighted by molar-refractivity contribution is 7.90. The molecule has 2 N–H and O–H groups in total. The van der Waals surface area contributed by atoms with E-state index < -0.39 is 16.2 Å². The molecule has 20 heavy (non-hydrogen) atoms. The van der Waals surface area contributed by atoms with Crippen LogP contribution in [0.5, 0.6) is 0 Å². The van der Waals surface area contributed by atoms with Crippen LogP contribution in [0.2, 0.25) is 0 Å². The maximum Gasteiger partial charge on any atom is 0.335 e. The number of aryl methyl sites for hydroxylation is 1. The van der Waals surface area contributed by atoms with Gasteiger partial charge in [-0.2, -0.15) is 13.1 Å². The van der Waals surface area contributed by atoms with Crippen molar-refractivity contribution in [3.8, 4) is 0 Å². The highest BCUT2D eigenvalue weighted by Crippen LogP contribution is 2.29. The van der Waals surface area contributed by atoms with E-state index in [0.29, 0.717) is 31.6 Å². The van der Waals surface area contributed by atoms with Gasteiger partial charge in [-0.3, -0.25) is 4.31 Å². The van der Waals surface area contributed by atoms with Gasteiger partial charge in [-0.25, -0.2) is 4.79 Å². The topological polar surface area (TPSA) is 86.7 Å². The zero-order chi connectivity index (χ0) is 14.8. The normalized spacial score (nSPS) is 14.9.